The van der Waals surface area contributed by atoms with E-state index < -0.39 is 18.0 Å². The van der Waals surface area contributed by atoms with Gasteiger partial charge in [0, 0.05) is 0 Å². The summed E-state index contributed by atoms with van der Waals surface area (Å²) in [6, 6.07) is 14.9. The summed E-state index contributed by atoms with van der Waals surface area (Å²) in [7, 11) is 0. The Kier molecular flexibility index (Phi) is 5.88. The second-order valence-electron chi connectivity index (χ2n) is 4.96. The molecule has 0 saturated carbocycles. The monoisotopic (exact) mass is 313 g/mol. The van der Waals surface area contributed by atoms with E-state index in [1.165, 1.54) is 0 Å². The molecule has 0 fully saturated rings. The lowest BCUT2D eigenvalue weighted by Gasteiger charge is -2.11. The van der Waals surface area contributed by atoms with Crippen molar-refractivity contribution in [2.75, 3.05) is 6.61 Å². The number of hydrogen-bond donors (Lipinski definition) is 1. The highest BCUT2D eigenvalue weighted by atomic mass is 16.5. The molecular weight excluding hydrogens is 294 g/mol. The zero-order valence-electron chi connectivity index (χ0n) is 12.9. The molecule has 0 aliphatic rings. The number of hydrogen-bond acceptors (Lipinski definition) is 5. The van der Waals surface area contributed by atoms with Gasteiger partial charge in [0.05, 0.1) is 12.2 Å². The van der Waals surface area contributed by atoms with Crippen LogP contribution in [0.5, 0.6) is 5.75 Å². The van der Waals surface area contributed by atoms with Crippen LogP contribution in [0.15, 0.2) is 54.6 Å². The van der Waals surface area contributed by atoms with Crippen molar-refractivity contribution >= 4 is 11.9 Å². The molecule has 0 saturated heterocycles. The third-order valence-corrected chi connectivity index (χ3v) is 3.19. The Bertz CT molecular complexity index is 652. The van der Waals surface area contributed by atoms with Gasteiger partial charge in [0.2, 0.25) is 0 Å². The van der Waals surface area contributed by atoms with Crippen LogP contribution in [0.4, 0.5) is 0 Å². The molecule has 0 spiro atoms. The van der Waals surface area contributed by atoms with E-state index in [-0.39, 0.29) is 0 Å². The van der Waals surface area contributed by atoms with E-state index >= 15 is 0 Å². The predicted octanol–water partition coefficient (Wildman–Crippen LogP) is 2.34. The third kappa shape index (κ3) is 4.93. The average molecular weight is 313 g/mol. The quantitative estimate of drug-likeness (QED) is 0.654. The molecule has 120 valence electrons. The van der Waals surface area contributed by atoms with Gasteiger partial charge >= 0.3 is 11.9 Å². The lowest BCUT2D eigenvalue weighted by molar-refractivity contribution is -0.144. The number of rotatable bonds is 6. The van der Waals surface area contributed by atoms with Gasteiger partial charge in [-0.3, -0.25) is 4.79 Å². The van der Waals surface area contributed by atoms with Crippen molar-refractivity contribution in [3.63, 3.8) is 0 Å². The van der Waals surface area contributed by atoms with Crippen molar-refractivity contribution in [2.24, 2.45) is 5.73 Å². The molecule has 5 nitrogen and oxygen atoms in total. The van der Waals surface area contributed by atoms with Gasteiger partial charge in [0.15, 0.2) is 0 Å². The highest BCUT2D eigenvalue weighted by Gasteiger charge is 2.15. The van der Waals surface area contributed by atoms with E-state index in [1.54, 1.807) is 55.5 Å². The average Bonchev–Trinajstić information content (AvgIpc) is 2.57. The van der Waals surface area contributed by atoms with Gasteiger partial charge in [-0.25, -0.2) is 4.79 Å². The smallest absolute Gasteiger partial charge is 0.343 e. The number of carbonyl (C=O) groups is 2. The van der Waals surface area contributed by atoms with Crippen molar-refractivity contribution in [3.05, 3.63) is 65.7 Å². The summed E-state index contributed by atoms with van der Waals surface area (Å²) in [5.41, 5.74) is 7.12. The first-order valence-electron chi connectivity index (χ1n) is 7.38. The molecule has 2 rings (SSSR count). The van der Waals surface area contributed by atoms with Crippen molar-refractivity contribution in [1.29, 1.82) is 0 Å². The molecule has 0 aliphatic heterocycles. The van der Waals surface area contributed by atoms with E-state index in [0.29, 0.717) is 24.3 Å². The van der Waals surface area contributed by atoms with Crippen LogP contribution in [0.3, 0.4) is 0 Å². The van der Waals surface area contributed by atoms with Gasteiger partial charge < -0.3 is 15.2 Å². The normalized spacial score (nSPS) is 11.6. The molecule has 0 radical (unpaired) electrons. The fourth-order valence-electron chi connectivity index (χ4n) is 2.02. The minimum atomic E-state index is -0.701. The molecule has 5 heteroatoms. The van der Waals surface area contributed by atoms with Crippen LogP contribution in [0.1, 0.15) is 22.8 Å². The Balaban J connectivity index is 1.94. The summed E-state index contributed by atoms with van der Waals surface area (Å²) in [5, 5.41) is 0. The number of ether oxygens (including phenoxy) is 2. The van der Waals surface area contributed by atoms with Crippen molar-refractivity contribution in [2.45, 2.75) is 19.4 Å². The maximum atomic E-state index is 11.9. The Morgan fingerprint density at radius 3 is 2.30 bits per heavy atom. The Morgan fingerprint density at radius 1 is 1.04 bits per heavy atom. The summed E-state index contributed by atoms with van der Waals surface area (Å²) in [6.07, 6.45) is 0.367. The Hall–Kier alpha value is -2.66. The van der Waals surface area contributed by atoms with Gasteiger partial charge in [0.1, 0.15) is 11.8 Å². The van der Waals surface area contributed by atoms with Gasteiger partial charge in [-0.1, -0.05) is 30.3 Å². The molecule has 0 aromatic heterocycles. The summed E-state index contributed by atoms with van der Waals surface area (Å²) >= 11 is 0. The first-order chi connectivity index (χ1) is 11.1. The van der Waals surface area contributed by atoms with Crippen molar-refractivity contribution in [1.82, 2.24) is 0 Å². The predicted molar refractivity (Wildman–Crippen MR) is 86.2 cm³/mol. The number of nitrogens with two attached hydrogens (primary N) is 1. The van der Waals surface area contributed by atoms with Crippen LogP contribution in [-0.2, 0) is 16.0 Å². The van der Waals surface area contributed by atoms with Gasteiger partial charge in [0.25, 0.3) is 0 Å². The maximum Gasteiger partial charge on any atom is 0.343 e. The molecule has 1 unspecified atom stereocenters. The van der Waals surface area contributed by atoms with E-state index in [4.69, 9.17) is 15.2 Å². The van der Waals surface area contributed by atoms with Gasteiger partial charge in [-0.2, -0.15) is 0 Å². The van der Waals surface area contributed by atoms with Crippen molar-refractivity contribution < 1.29 is 19.1 Å². The largest absolute Gasteiger partial charge is 0.465 e. The van der Waals surface area contributed by atoms with Crippen LogP contribution < -0.4 is 10.5 Å². The molecule has 0 heterocycles. The second kappa shape index (κ2) is 8.10. The summed E-state index contributed by atoms with van der Waals surface area (Å²) < 4.78 is 10.2. The topological polar surface area (TPSA) is 78.6 Å². The molecule has 2 N–H and O–H groups in total. The third-order valence-electron chi connectivity index (χ3n) is 3.19. The highest BCUT2D eigenvalue weighted by Crippen LogP contribution is 2.15. The van der Waals surface area contributed by atoms with Crippen LogP contribution in [0, 0.1) is 0 Å². The first-order valence-corrected chi connectivity index (χ1v) is 7.38. The lowest BCUT2D eigenvalue weighted by Crippen LogP contribution is -2.34. The standard InChI is InChI=1S/C18H19NO4/c1-2-22-18(21)16(19)12-13-8-10-15(11-9-13)23-17(20)14-6-4-3-5-7-14/h3-11,16H,2,12,19H2,1H3. The molecule has 2 aromatic rings. The molecule has 1 atom stereocenters. The molecule has 0 aliphatic carbocycles. The number of carbonyl (C=O) groups excluding carboxylic acids is 2. The fraction of sp³-hybridized carbons (Fsp3) is 0.222. The number of esters is 2. The highest BCUT2D eigenvalue weighted by molar-refractivity contribution is 5.90. The van der Waals surface area contributed by atoms with Crippen LogP contribution >= 0.6 is 0 Å². The van der Waals surface area contributed by atoms with Crippen LogP contribution in [0.25, 0.3) is 0 Å². The van der Waals surface area contributed by atoms with Crippen LogP contribution in [0.2, 0.25) is 0 Å². The lowest BCUT2D eigenvalue weighted by atomic mass is 10.1. The van der Waals surface area contributed by atoms with E-state index in [9.17, 15) is 9.59 Å². The van der Waals surface area contributed by atoms with E-state index in [1.807, 2.05) is 6.07 Å². The molecule has 23 heavy (non-hydrogen) atoms. The van der Waals surface area contributed by atoms with Crippen molar-refractivity contribution in [3.8, 4) is 5.75 Å². The van der Waals surface area contributed by atoms with Crippen LogP contribution in [-0.4, -0.2) is 24.6 Å². The summed E-state index contributed by atoms with van der Waals surface area (Å²) in [5.74, 6) is -0.402. The Morgan fingerprint density at radius 2 is 1.70 bits per heavy atom. The van der Waals surface area contributed by atoms with Gasteiger partial charge in [-0.05, 0) is 43.2 Å². The number of benzene rings is 2. The fourth-order valence-corrected chi connectivity index (χ4v) is 2.02. The SMILES string of the molecule is CCOC(=O)C(N)Cc1ccc(OC(=O)c2ccccc2)cc1. The molecular formula is C18H19NO4. The van der Waals surface area contributed by atoms with E-state index in [0.717, 1.165) is 5.56 Å². The Labute approximate surface area is 135 Å². The maximum absolute atomic E-state index is 11.9. The molecule has 2 aromatic carbocycles. The van der Waals surface area contributed by atoms with Gasteiger partial charge in [-0.15, -0.1) is 0 Å². The zero-order chi connectivity index (χ0) is 16.7. The minimum absolute atomic E-state index is 0.306. The minimum Gasteiger partial charge on any atom is -0.465 e. The molecule has 0 bridgehead atoms. The first kappa shape index (κ1) is 16.7. The summed E-state index contributed by atoms with van der Waals surface area (Å²) in [4.78, 5) is 23.4. The second-order valence-corrected chi connectivity index (χ2v) is 4.96. The summed E-state index contributed by atoms with van der Waals surface area (Å²) in [6.45, 7) is 2.04. The molecule has 0 amide bonds. The van der Waals surface area contributed by atoms with E-state index in [2.05, 4.69) is 0 Å². The zero-order valence-corrected chi connectivity index (χ0v) is 12.9.